The van der Waals surface area contributed by atoms with Gasteiger partial charge in [0.25, 0.3) is 0 Å². The molecule has 2 unspecified atom stereocenters. The second kappa shape index (κ2) is 6.72. The van der Waals surface area contributed by atoms with E-state index in [4.69, 9.17) is 0 Å². The molecule has 1 aliphatic rings. The average Bonchev–Trinajstić information content (AvgIpc) is 2.34. The summed E-state index contributed by atoms with van der Waals surface area (Å²) < 4.78 is 0. The molecule has 19 heavy (non-hydrogen) atoms. The van der Waals surface area contributed by atoms with Crippen molar-refractivity contribution in [1.82, 2.24) is 10.2 Å². The molecule has 0 radical (unpaired) electrons. The predicted octanol–water partition coefficient (Wildman–Crippen LogP) is 3.17. The first-order valence-electron chi connectivity index (χ1n) is 7.68. The number of rotatable bonds is 5. The molecule has 1 rings (SSSR count). The van der Waals surface area contributed by atoms with Crippen molar-refractivity contribution in [3.8, 4) is 6.07 Å². The molecule has 2 atom stereocenters. The van der Waals surface area contributed by atoms with Gasteiger partial charge in [-0.25, -0.2) is 0 Å². The number of nitrogens with one attached hydrogen (secondary N) is 1. The van der Waals surface area contributed by atoms with Crippen LogP contribution in [0.3, 0.4) is 0 Å². The van der Waals surface area contributed by atoms with Crippen LogP contribution < -0.4 is 5.32 Å². The summed E-state index contributed by atoms with van der Waals surface area (Å²) in [5.41, 5.74) is 0.0312. The van der Waals surface area contributed by atoms with Gasteiger partial charge >= 0.3 is 0 Å². The molecule has 1 saturated carbocycles. The molecule has 3 heteroatoms. The number of hydrogen-bond donors (Lipinski definition) is 1. The van der Waals surface area contributed by atoms with Crippen LogP contribution in [-0.2, 0) is 0 Å². The Morgan fingerprint density at radius 2 is 2.11 bits per heavy atom. The van der Waals surface area contributed by atoms with Gasteiger partial charge in [0.1, 0.15) is 5.54 Å². The molecule has 3 nitrogen and oxygen atoms in total. The van der Waals surface area contributed by atoms with Crippen molar-refractivity contribution in [3.05, 3.63) is 0 Å². The normalized spacial score (nSPS) is 28.4. The smallest absolute Gasteiger partial charge is 0.108 e. The van der Waals surface area contributed by atoms with E-state index in [1.165, 1.54) is 6.42 Å². The van der Waals surface area contributed by atoms with Crippen molar-refractivity contribution in [2.75, 3.05) is 20.1 Å². The Morgan fingerprint density at radius 1 is 1.42 bits per heavy atom. The lowest BCUT2D eigenvalue weighted by atomic mass is 9.79. The summed E-state index contributed by atoms with van der Waals surface area (Å²) in [6, 6.07) is 3.10. The highest BCUT2D eigenvalue weighted by Crippen LogP contribution is 2.31. The molecule has 0 aromatic rings. The highest BCUT2D eigenvalue weighted by Gasteiger charge is 2.37. The van der Waals surface area contributed by atoms with Gasteiger partial charge in [-0.15, -0.1) is 0 Å². The number of nitriles is 1. The van der Waals surface area contributed by atoms with Crippen molar-refractivity contribution in [1.29, 1.82) is 5.26 Å². The Morgan fingerprint density at radius 3 is 2.63 bits per heavy atom. The van der Waals surface area contributed by atoms with E-state index in [1.54, 1.807) is 0 Å². The van der Waals surface area contributed by atoms with E-state index < -0.39 is 0 Å². The maximum absolute atomic E-state index is 9.57. The van der Waals surface area contributed by atoms with E-state index >= 15 is 0 Å². The average molecular weight is 265 g/mol. The predicted molar refractivity (Wildman–Crippen MR) is 81.0 cm³/mol. The van der Waals surface area contributed by atoms with Gasteiger partial charge in [-0.3, -0.25) is 5.32 Å². The zero-order valence-electron chi connectivity index (χ0n) is 13.4. The Hall–Kier alpha value is -0.590. The minimum absolute atomic E-state index is 0.287. The highest BCUT2D eigenvalue weighted by atomic mass is 15.1. The minimum atomic E-state index is -0.287. The van der Waals surface area contributed by atoms with Crippen LogP contribution in [0, 0.1) is 16.7 Å². The van der Waals surface area contributed by atoms with Gasteiger partial charge in [0, 0.05) is 12.6 Å². The maximum atomic E-state index is 9.57. The summed E-state index contributed by atoms with van der Waals surface area (Å²) in [5, 5.41) is 13.1. The fourth-order valence-corrected chi connectivity index (χ4v) is 3.17. The minimum Gasteiger partial charge on any atom is -0.303 e. The summed E-state index contributed by atoms with van der Waals surface area (Å²) in [6.45, 7) is 11.0. The molecular weight excluding hydrogens is 234 g/mol. The monoisotopic (exact) mass is 265 g/mol. The van der Waals surface area contributed by atoms with E-state index in [0.717, 1.165) is 38.8 Å². The van der Waals surface area contributed by atoms with Crippen molar-refractivity contribution in [2.45, 2.75) is 71.4 Å². The molecule has 1 fully saturated rings. The van der Waals surface area contributed by atoms with Gasteiger partial charge in [-0.2, -0.15) is 5.26 Å². The third kappa shape index (κ3) is 5.12. The third-order valence-corrected chi connectivity index (χ3v) is 4.00. The molecule has 0 aromatic heterocycles. The summed E-state index contributed by atoms with van der Waals surface area (Å²) >= 11 is 0. The fraction of sp³-hybridized carbons (Fsp3) is 0.938. The van der Waals surface area contributed by atoms with Gasteiger partial charge in [-0.1, -0.05) is 27.7 Å². The number of nitrogens with zero attached hydrogens (tertiary/aromatic N) is 2. The Balaban J connectivity index is 2.64. The molecule has 0 spiro atoms. The van der Waals surface area contributed by atoms with Crippen LogP contribution in [-0.4, -0.2) is 36.6 Å². The lowest BCUT2D eigenvalue weighted by molar-refractivity contribution is 0.111. The summed E-state index contributed by atoms with van der Waals surface area (Å²) in [5.74, 6) is 0. The second-order valence-electron chi connectivity index (χ2n) is 7.35. The van der Waals surface area contributed by atoms with Crippen LogP contribution in [0.4, 0.5) is 0 Å². The Labute approximate surface area is 119 Å². The van der Waals surface area contributed by atoms with Crippen molar-refractivity contribution in [3.63, 3.8) is 0 Å². The molecule has 0 aliphatic heterocycles. The SMILES string of the molecule is CCCNC1(C#N)CCCC(N(C)CC(C)(C)C)C1. The van der Waals surface area contributed by atoms with Crippen molar-refractivity contribution >= 4 is 0 Å². The largest absolute Gasteiger partial charge is 0.303 e. The van der Waals surface area contributed by atoms with E-state index in [0.29, 0.717) is 11.5 Å². The molecule has 0 heterocycles. The van der Waals surface area contributed by atoms with E-state index in [2.05, 4.69) is 51.0 Å². The first kappa shape index (κ1) is 16.5. The lowest BCUT2D eigenvalue weighted by Crippen LogP contribution is -2.53. The Kier molecular flexibility index (Phi) is 5.82. The van der Waals surface area contributed by atoms with Crippen molar-refractivity contribution in [2.24, 2.45) is 5.41 Å². The summed E-state index contributed by atoms with van der Waals surface area (Å²) in [7, 11) is 2.21. The molecule has 0 bridgehead atoms. The topological polar surface area (TPSA) is 39.1 Å². The molecule has 0 amide bonds. The van der Waals surface area contributed by atoms with Gasteiger partial charge in [0.2, 0.25) is 0 Å². The van der Waals surface area contributed by atoms with Crippen molar-refractivity contribution < 1.29 is 0 Å². The molecule has 110 valence electrons. The third-order valence-electron chi connectivity index (χ3n) is 4.00. The highest BCUT2D eigenvalue weighted by molar-refractivity contribution is 5.11. The molecule has 1 aliphatic carbocycles. The number of hydrogen-bond acceptors (Lipinski definition) is 3. The standard InChI is InChI=1S/C16H31N3/c1-6-10-18-16(12-17)9-7-8-14(11-16)19(5)13-15(2,3)4/h14,18H,6-11,13H2,1-5H3. The van der Waals surface area contributed by atoms with Crippen LogP contribution in [0.5, 0.6) is 0 Å². The molecule has 1 N–H and O–H groups in total. The summed E-state index contributed by atoms with van der Waals surface area (Å²) in [6.07, 6.45) is 5.44. The van der Waals surface area contributed by atoms with E-state index in [1.807, 2.05) is 0 Å². The van der Waals surface area contributed by atoms with Gasteiger partial charge in [-0.05, 0) is 51.1 Å². The maximum Gasteiger partial charge on any atom is 0.108 e. The zero-order chi connectivity index (χ0) is 14.5. The first-order valence-corrected chi connectivity index (χ1v) is 7.68. The molecule has 0 saturated heterocycles. The van der Waals surface area contributed by atoms with Crippen LogP contribution in [0.15, 0.2) is 0 Å². The van der Waals surface area contributed by atoms with Crippen LogP contribution in [0.25, 0.3) is 0 Å². The van der Waals surface area contributed by atoms with Crippen LogP contribution in [0.2, 0.25) is 0 Å². The second-order valence-corrected chi connectivity index (χ2v) is 7.35. The summed E-state index contributed by atoms with van der Waals surface area (Å²) in [4.78, 5) is 2.46. The van der Waals surface area contributed by atoms with E-state index in [9.17, 15) is 5.26 Å². The zero-order valence-corrected chi connectivity index (χ0v) is 13.4. The van der Waals surface area contributed by atoms with Crippen LogP contribution >= 0.6 is 0 Å². The Bertz CT molecular complexity index is 313. The first-order chi connectivity index (χ1) is 8.82. The molecule has 0 aromatic carbocycles. The quantitative estimate of drug-likeness (QED) is 0.830. The van der Waals surface area contributed by atoms with Crippen LogP contribution in [0.1, 0.15) is 59.8 Å². The van der Waals surface area contributed by atoms with Gasteiger partial charge in [0.15, 0.2) is 0 Å². The van der Waals surface area contributed by atoms with Gasteiger partial charge in [0.05, 0.1) is 6.07 Å². The fourth-order valence-electron chi connectivity index (χ4n) is 3.17. The van der Waals surface area contributed by atoms with E-state index in [-0.39, 0.29) is 5.54 Å². The lowest BCUT2D eigenvalue weighted by Gasteiger charge is -2.42. The van der Waals surface area contributed by atoms with Gasteiger partial charge < -0.3 is 4.90 Å². The molecular formula is C16H31N3.